The zero-order valence-corrected chi connectivity index (χ0v) is 11.9. The number of benzene rings is 1. The van der Waals surface area contributed by atoms with Crippen LogP contribution in [0.3, 0.4) is 0 Å². The van der Waals surface area contributed by atoms with E-state index in [1.54, 1.807) is 12.1 Å². The van der Waals surface area contributed by atoms with Crippen molar-refractivity contribution in [2.75, 3.05) is 0 Å². The van der Waals surface area contributed by atoms with E-state index in [9.17, 15) is 0 Å². The highest BCUT2D eigenvalue weighted by Crippen LogP contribution is 2.19. The van der Waals surface area contributed by atoms with Crippen molar-refractivity contribution in [3.8, 4) is 0 Å². The fourth-order valence-corrected chi connectivity index (χ4v) is 0.711. The second-order valence-electron chi connectivity index (χ2n) is 1.79. The van der Waals surface area contributed by atoms with E-state index >= 15 is 0 Å². The van der Waals surface area contributed by atoms with E-state index in [0.29, 0.717) is 10.0 Å². The first-order valence-corrected chi connectivity index (χ1v) is 7.74. The molecule has 0 unspecified atom stereocenters. The summed E-state index contributed by atoms with van der Waals surface area (Å²) in [5, 5.41) is 1.21. The van der Waals surface area contributed by atoms with Crippen molar-refractivity contribution in [2.45, 2.75) is 13.8 Å². The van der Waals surface area contributed by atoms with Gasteiger partial charge in [0, 0.05) is 21.4 Å². The molecule has 0 saturated carbocycles. The Bertz CT molecular complexity index is 336. The molecule has 0 bridgehead atoms. The van der Waals surface area contributed by atoms with Crippen LogP contribution < -0.4 is 0 Å². The van der Waals surface area contributed by atoms with Crippen LogP contribution in [0.4, 0.5) is 0 Å². The van der Waals surface area contributed by atoms with Gasteiger partial charge < -0.3 is 0 Å². The third-order valence-electron chi connectivity index (χ3n) is 0.824. The molecule has 0 aromatic heterocycles. The van der Waals surface area contributed by atoms with Gasteiger partial charge in [0.1, 0.15) is 0 Å². The Hall–Kier alpha value is 0.330. The molecule has 2 nitrogen and oxygen atoms in total. The lowest BCUT2D eigenvalue weighted by atomic mass is 10.4. The van der Waals surface area contributed by atoms with E-state index in [-0.39, 0.29) is 0 Å². The van der Waals surface area contributed by atoms with E-state index in [0.717, 1.165) is 0 Å². The lowest BCUT2D eigenvalue weighted by Crippen LogP contribution is -1.63. The zero-order valence-electron chi connectivity index (χ0n) is 8.05. The predicted molar refractivity (Wildman–Crippen MR) is 68.4 cm³/mol. The Morgan fingerprint density at radius 3 is 1.27 bits per heavy atom. The van der Waals surface area contributed by atoms with Crippen LogP contribution in [0.1, 0.15) is 13.8 Å². The Balaban J connectivity index is 0. The SMILES string of the molecule is CC.Clc1ccccc1Cl.O=S(=O)(Cl)Cl. The molecular formula is C8H10Cl4O2S. The average molecular weight is 312 g/mol. The third kappa shape index (κ3) is 17.0. The first-order valence-electron chi connectivity index (χ1n) is 3.85. The molecule has 88 valence electrons. The maximum Gasteiger partial charge on any atom is 0.317 e. The maximum atomic E-state index is 9.16. The average Bonchev–Trinajstić information content (AvgIpc) is 2.11. The van der Waals surface area contributed by atoms with Crippen LogP contribution in [-0.4, -0.2) is 8.42 Å². The van der Waals surface area contributed by atoms with Crippen molar-refractivity contribution in [3.63, 3.8) is 0 Å². The minimum Gasteiger partial charge on any atom is -0.195 e. The first-order chi connectivity index (χ1) is 6.80. The largest absolute Gasteiger partial charge is 0.317 e. The zero-order chi connectivity index (χ0) is 12.5. The molecule has 7 heteroatoms. The Morgan fingerprint density at radius 1 is 0.933 bits per heavy atom. The Kier molecular flexibility index (Phi) is 11.3. The summed E-state index contributed by atoms with van der Waals surface area (Å²) in [5.74, 6) is 0. The minimum atomic E-state index is -3.72. The normalized spacial score (nSPS) is 9.20. The third-order valence-corrected chi connectivity index (χ3v) is 1.58. The maximum absolute atomic E-state index is 9.16. The molecule has 0 atom stereocenters. The molecule has 0 radical (unpaired) electrons. The van der Waals surface area contributed by atoms with Gasteiger partial charge in [-0.2, -0.15) is 8.42 Å². The van der Waals surface area contributed by atoms with Crippen molar-refractivity contribution in [3.05, 3.63) is 34.3 Å². The minimum absolute atomic E-state index is 0.606. The Morgan fingerprint density at radius 2 is 1.13 bits per heavy atom. The highest BCUT2D eigenvalue weighted by Gasteiger charge is 1.89. The predicted octanol–water partition coefficient (Wildman–Crippen LogP) is 4.73. The summed E-state index contributed by atoms with van der Waals surface area (Å²) in [6.45, 7) is 4.00. The van der Waals surface area contributed by atoms with Gasteiger partial charge in [0.25, 0.3) is 0 Å². The second kappa shape index (κ2) is 9.55. The summed E-state index contributed by atoms with van der Waals surface area (Å²) in [7, 11) is 4.81. The molecule has 0 spiro atoms. The van der Waals surface area contributed by atoms with Gasteiger partial charge in [-0.05, 0) is 12.1 Å². The summed E-state index contributed by atoms with van der Waals surface area (Å²) in [6.07, 6.45) is 0. The summed E-state index contributed by atoms with van der Waals surface area (Å²) < 4.78 is 18.3. The van der Waals surface area contributed by atoms with Gasteiger partial charge in [-0.3, -0.25) is 0 Å². The van der Waals surface area contributed by atoms with E-state index < -0.39 is 8.26 Å². The summed E-state index contributed by atoms with van der Waals surface area (Å²) in [5.41, 5.74) is 0. The lowest BCUT2D eigenvalue weighted by Gasteiger charge is -1.88. The molecule has 1 rings (SSSR count). The molecule has 0 saturated heterocycles. The van der Waals surface area contributed by atoms with E-state index in [1.165, 1.54) is 0 Å². The van der Waals surface area contributed by atoms with Gasteiger partial charge in [-0.1, -0.05) is 49.2 Å². The molecular weight excluding hydrogens is 302 g/mol. The summed E-state index contributed by atoms with van der Waals surface area (Å²) in [6, 6.07) is 7.19. The van der Waals surface area contributed by atoms with Crippen LogP contribution >= 0.6 is 44.6 Å². The number of hydrogen-bond donors (Lipinski definition) is 0. The second-order valence-corrected chi connectivity index (χ2v) is 6.28. The van der Waals surface area contributed by atoms with Gasteiger partial charge in [0.2, 0.25) is 0 Å². The first kappa shape index (κ1) is 17.7. The number of hydrogen-bond acceptors (Lipinski definition) is 2. The molecule has 0 aliphatic heterocycles. The van der Waals surface area contributed by atoms with Crippen LogP contribution in [-0.2, 0) is 8.26 Å². The summed E-state index contributed by atoms with van der Waals surface area (Å²) >= 11 is 11.2. The molecule has 15 heavy (non-hydrogen) atoms. The van der Waals surface area contributed by atoms with Gasteiger partial charge in [0.15, 0.2) is 0 Å². The fourth-order valence-electron chi connectivity index (χ4n) is 0.439. The molecule has 0 amide bonds. The van der Waals surface area contributed by atoms with Crippen LogP contribution in [0, 0.1) is 0 Å². The van der Waals surface area contributed by atoms with Crippen LogP contribution in [0.2, 0.25) is 10.0 Å². The van der Waals surface area contributed by atoms with Crippen molar-refractivity contribution in [1.29, 1.82) is 0 Å². The van der Waals surface area contributed by atoms with Gasteiger partial charge in [0.05, 0.1) is 10.0 Å². The number of rotatable bonds is 0. The number of halogens is 4. The molecule has 1 aromatic rings. The molecule has 0 heterocycles. The Labute approximate surface area is 109 Å². The molecule has 0 aliphatic rings. The van der Waals surface area contributed by atoms with Crippen molar-refractivity contribution < 1.29 is 8.42 Å². The van der Waals surface area contributed by atoms with Crippen molar-refractivity contribution in [2.24, 2.45) is 0 Å². The topological polar surface area (TPSA) is 34.1 Å². The lowest BCUT2D eigenvalue weighted by molar-refractivity contribution is 0.621. The van der Waals surface area contributed by atoms with E-state index in [4.69, 9.17) is 31.6 Å². The molecule has 0 N–H and O–H groups in total. The smallest absolute Gasteiger partial charge is 0.195 e. The van der Waals surface area contributed by atoms with Crippen molar-refractivity contribution >= 4 is 52.8 Å². The van der Waals surface area contributed by atoms with Crippen molar-refractivity contribution in [1.82, 2.24) is 0 Å². The molecule has 0 aliphatic carbocycles. The molecule has 1 aromatic carbocycles. The standard InChI is InChI=1S/C6H4Cl2.C2H6.Cl2O2S/c7-5-3-1-2-4-6(5)8;1-2;1-5(2,3)4/h1-4H;1-2H3;. The van der Waals surface area contributed by atoms with E-state index in [2.05, 4.69) is 21.4 Å². The van der Waals surface area contributed by atoms with E-state index in [1.807, 2.05) is 26.0 Å². The fraction of sp³-hybridized carbons (Fsp3) is 0.250. The summed E-state index contributed by atoms with van der Waals surface area (Å²) in [4.78, 5) is 0. The van der Waals surface area contributed by atoms with Crippen LogP contribution in [0.5, 0.6) is 0 Å². The van der Waals surface area contributed by atoms with Gasteiger partial charge in [-0.15, -0.1) is 0 Å². The van der Waals surface area contributed by atoms with Gasteiger partial charge in [-0.25, -0.2) is 0 Å². The quantitative estimate of drug-likeness (QED) is 0.649. The highest BCUT2D eigenvalue weighted by molar-refractivity contribution is 8.31. The molecule has 0 fully saturated rings. The van der Waals surface area contributed by atoms with Crippen LogP contribution in [0.15, 0.2) is 24.3 Å². The van der Waals surface area contributed by atoms with Gasteiger partial charge >= 0.3 is 8.26 Å². The van der Waals surface area contributed by atoms with Crippen LogP contribution in [0.25, 0.3) is 0 Å². The monoisotopic (exact) mass is 310 g/mol. The highest BCUT2D eigenvalue weighted by atomic mass is 36.0.